The molecule has 0 aliphatic carbocycles. The van der Waals surface area contributed by atoms with Crippen molar-refractivity contribution < 1.29 is 26.2 Å². The van der Waals surface area contributed by atoms with Crippen LogP contribution in [0.2, 0.25) is 0 Å². The largest absolute Gasteiger partial charge is 0.147 e. The summed E-state index contributed by atoms with van der Waals surface area (Å²) in [5.74, 6) is 0. The molecule has 83 valence electrons. The van der Waals surface area contributed by atoms with Crippen molar-refractivity contribution in [2.24, 2.45) is 0 Å². The first kappa shape index (κ1) is 18.5. The molecule has 0 spiro atoms. The number of benzene rings is 2. The summed E-state index contributed by atoms with van der Waals surface area (Å²) in [6, 6.07) is 21.3. The standard InChI is InChI=1S/C12H11Si.2ClH.Zr/c1-3-7-11(8-4-1)13-12-9-5-2-6-10-12;;;/h1-10,13H;2*1H;. The van der Waals surface area contributed by atoms with Crippen molar-refractivity contribution in [2.45, 2.75) is 0 Å². The van der Waals surface area contributed by atoms with Crippen molar-refractivity contribution in [3.05, 3.63) is 60.7 Å². The van der Waals surface area contributed by atoms with E-state index in [1.165, 1.54) is 10.4 Å². The molecule has 0 aliphatic heterocycles. The molecule has 0 aromatic heterocycles. The first-order valence-corrected chi connectivity index (χ1v) is 5.55. The second-order valence-electron chi connectivity index (χ2n) is 2.97. The number of hydrogen-bond donors (Lipinski definition) is 0. The summed E-state index contributed by atoms with van der Waals surface area (Å²) in [4.78, 5) is 0. The topological polar surface area (TPSA) is 0 Å². The molecule has 2 aromatic carbocycles. The first-order chi connectivity index (χ1) is 6.45. The first-order valence-electron chi connectivity index (χ1n) is 4.40. The van der Waals surface area contributed by atoms with Crippen LogP contribution < -0.4 is 10.4 Å². The Balaban J connectivity index is 0. The normalized spacial score (nSPS) is 8.00. The van der Waals surface area contributed by atoms with Crippen molar-refractivity contribution >= 4 is 44.7 Å². The fraction of sp³-hybridized carbons (Fsp3) is 0. The number of rotatable bonds is 2. The average Bonchev–Trinajstić information content (AvgIpc) is 2.21. The van der Waals surface area contributed by atoms with Gasteiger partial charge in [0.2, 0.25) is 0 Å². The monoisotopic (exact) mass is 345 g/mol. The van der Waals surface area contributed by atoms with Crippen molar-refractivity contribution in [1.82, 2.24) is 0 Å². The minimum atomic E-state index is 0. The minimum Gasteiger partial charge on any atom is -0.147 e. The predicted molar refractivity (Wildman–Crippen MR) is 73.8 cm³/mol. The summed E-state index contributed by atoms with van der Waals surface area (Å²) >= 11 is 0. The van der Waals surface area contributed by atoms with Crippen LogP contribution in [-0.2, 0) is 26.2 Å². The Bertz CT molecular complexity index is 330. The van der Waals surface area contributed by atoms with Crippen LogP contribution in [-0.4, -0.2) is 9.52 Å². The molecule has 0 aliphatic rings. The molecule has 1 radical (unpaired) electrons. The molecule has 0 unspecified atom stereocenters. The van der Waals surface area contributed by atoms with E-state index < -0.39 is 0 Å². The van der Waals surface area contributed by atoms with Gasteiger partial charge in [0.15, 0.2) is 0 Å². The van der Waals surface area contributed by atoms with E-state index in [-0.39, 0.29) is 60.5 Å². The Morgan fingerprint density at radius 1 is 0.562 bits per heavy atom. The molecule has 2 rings (SSSR count). The summed E-state index contributed by atoms with van der Waals surface area (Å²) < 4.78 is 0. The van der Waals surface area contributed by atoms with Gasteiger partial charge in [-0.25, -0.2) is 0 Å². The molecule has 0 amide bonds. The zero-order valence-electron chi connectivity index (χ0n) is 8.67. The fourth-order valence-corrected chi connectivity index (χ4v) is 2.51. The van der Waals surface area contributed by atoms with Gasteiger partial charge in [-0.05, 0) is 0 Å². The predicted octanol–water partition coefficient (Wildman–Crippen LogP) is 1.91. The molecule has 16 heavy (non-hydrogen) atoms. The zero-order chi connectivity index (χ0) is 8.93. The quantitative estimate of drug-likeness (QED) is 0.728. The summed E-state index contributed by atoms with van der Waals surface area (Å²) in [6.45, 7) is 0. The molecule has 0 saturated heterocycles. The molecular weight excluding hydrogens is 334 g/mol. The van der Waals surface area contributed by atoms with Gasteiger partial charge in [0.1, 0.15) is 9.52 Å². The minimum absolute atomic E-state index is 0. The van der Waals surface area contributed by atoms with Crippen LogP contribution in [0.1, 0.15) is 0 Å². The maximum absolute atomic E-state index is 2.20. The van der Waals surface area contributed by atoms with Gasteiger partial charge in [0.25, 0.3) is 0 Å². The van der Waals surface area contributed by atoms with Gasteiger partial charge in [0, 0.05) is 26.2 Å². The maximum atomic E-state index is 2.20. The molecule has 0 bridgehead atoms. The fourth-order valence-electron chi connectivity index (χ4n) is 1.29. The summed E-state index contributed by atoms with van der Waals surface area (Å²) in [7, 11) is 0.271. The third kappa shape index (κ3) is 6.00. The molecule has 0 nitrogen and oxygen atoms in total. The summed E-state index contributed by atoms with van der Waals surface area (Å²) in [5, 5.41) is 2.90. The van der Waals surface area contributed by atoms with Gasteiger partial charge < -0.3 is 0 Å². The van der Waals surface area contributed by atoms with Gasteiger partial charge in [-0.15, -0.1) is 24.8 Å². The Kier molecular flexibility index (Phi) is 11.9. The summed E-state index contributed by atoms with van der Waals surface area (Å²) in [5.41, 5.74) is 0. The SMILES string of the molecule is Cl.Cl.[Zr].c1ccc([SiH]c2ccccc2)cc1. The van der Waals surface area contributed by atoms with E-state index in [0.29, 0.717) is 0 Å². The van der Waals surface area contributed by atoms with Crippen LogP contribution in [0.4, 0.5) is 0 Å². The van der Waals surface area contributed by atoms with E-state index >= 15 is 0 Å². The molecule has 0 N–H and O–H groups in total. The third-order valence-electron chi connectivity index (χ3n) is 1.93. The molecule has 0 atom stereocenters. The van der Waals surface area contributed by atoms with Gasteiger partial charge in [-0.2, -0.15) is 0 Å². The Hall–Kier alpha value is 0.120. The molecule has 0 fully saturated rings. The van der Waals surface area contributed by atoms with E-state index in [0.717, 1.165) is 0 Å². The zero-order valence-corrected chi connectivity index (χ0v) is 13.9. The third-order valence-corrected chi connectivity index (χ3v) is 3.37. The van der Waals surface area contributed by atoms with Gasteiger partial charge in [-0.1, -0.05) is 71.0 Å². The Labute approximate surface area is 131 Å². The average molecular weight is 347 g/mol. The van der Waals surface area contributed by atoms with Crippen LogP contribution >= 0.6 is 24.8 Å². The second-order valence-corrected chi connectivity index (χ2v) is 4.59. The smallest absolute Gasteiger partial charge is 0.103 e. The molecule has 4 heteroatoms. The maximum Gasteiger partial charge on any atom is 0.103 e. The van der Waals surface area contributed by atoms with Crippen LogP contribution in [0.3, 0.4) is 0 Å². The van der Waals surface area contributed by atoms with Gasteiger partial charge >= 0.3 is 0 Å². The molecule has 2 aromatic rings. The van der Waals surface area contributed by atoms with Crippen LogP contribution in [0.15, 0.2) is 60.7 Å². The van der Waals surface area contributed by atoms with Gasteiger partial charge in [-0.3, -0.25) is 0 Å². The van der Waals surface area contributed by atoms with Gasteiger partial charge in [0.05, 0.1) is 0 Å². The van der Waals surface area contributed by atoms with Crippen LogP contribution in [0.5, 0.6) is 0 Å². The summed E-state index contributed by atoms with van der Waals surface area (Å²) in [6.07, 6.45) is 0. The number of hydrogen-bond acceptors (Lipinski definition) is 0. The van der Waals surface area contributed by atoms with Crippen LogP contribution in [0, 0.1) is 0 Å². The molecule has 0 saturated carbocycles. The van der Waals surface area contributed by atoms with E-state index in [1.54, 1.807) is 0 Å². The molecule has 0 heterocycles. The van der Waals surface area contributed by atoms with E-state index in [2.05, 4.69) is 60.7 Å². The van der Waals surface area contributed by atoms with Crippen LogP contribution in [0.25, 0.3) is 0 Å². The van der Waals surface area contributed by atoms with E-state index in [1.807, 2.05) is 0 Å². The number of halogens is 2. The van der Waals surface area contributed by atoms with Crippen molar-refractivity contribution in [3.63, 3.8) is 0 Å². The Morgan fingerprint density at radius 3 is 1.19 bits per heavy atom. The van der Waals surface area contributed by atoms with Crippen molar-refractivity contribution in [3.8, 4) is 0 Å². The second kappa shape index (κ2) is 10.3. The van der Waals surface area contributed by atoms with E-state index in [4.69, 9.17) is 0 Å². The van der Waals surface area contributed by atoms with E-state index in [9.17, 15) is 0 Å². The van der Waals surface area contributed by atoms with Crippen molar-refractivity contribution in [2.75, 3.05) is 0 Å². The molecular formula is C12H13Cl2SiZr. The van der Waals surface area contributed by atoms with Crippen molar-refractivity contribution in [1.29, 1.82) is 0 Å². The Morgan fingerprint density at radius 2 is 0.875 bits per heavy atom.